The molecule has 0 spiro atoms. The van der Waals surface area contributed by atoms with E-state index in [1.165, 1.54) is 0 Å². The van der Waals surface area contributed by atoms with Crippen molar-refractivity contribution >= 4 is 17.1 Å². The standard InChI is InChI=1S/C13H12O2/c1-2-9-7-10(8-13(14)15)12-6-4-3-5-11(9)12/h2-7H,8H2,1H3,(H,14,15). The van der Waals surface area contributed by atoms with Crippen LogP contribution in [0, 0.1) is 0 Å². The number of carboxylic acid groups (broad SMARTS) is 1. The van der Waals surface area contributed by atoms with Crippen molar-refractivity contribution in [3.05, 3.63) is 47.5 Å². The van der Waals surface area contributed by atoms with Gasteiger partial charge in [-0.1, -0.05) is 36.4 Å². The summed E-state index contributed by atoms with van der Waals surface area (Å²) in [5.74, 6) is -0.784. The van der Waals surface area contributed by atoms with Crippen LogP contribution in [-0.4, -0.2) is 11.1 Å². The minimum Gasteiger partial charge on any atom is -0.481 e. The van der Waals surface area contributed by atoms with E-state index in [0.29, 0.717) is 0 Å². The van der Waals surface area contributed by atoms with Crippen LogP contribution >= 0.6 is 0 Å². The Hall–Kier alpha value is -1.83. The van der Waals surface area contributed by atoms with Gasteiger partial charge in [0.1, 0.15) is 0 Å². The summed E-state index contributed by atoms with van der Waals surface area (Å²) in [6.07, 6.45) is 4.06. The first-order valence-corrected chi connectivity index (χ1v) is 4.91. The highest BCUT2D eigenvalue weighted by Crippen LogP contribution is 2.36. The molecular weight excluding hydrogens is 188 g/mol. The third kappa shape index (κ3) is 1.71. The van der Waals surface area contributed by atoms with E-state index < -0.39 is 5.97 Å². The molecule has 1 N–H and O–H groups in total. The fourth-order valence-corrected chi connectivity index (χ4v) is 1.91. The second-order valence-corrected chi connectivity index (χ2v) is 3.53. The van der Waals surface area contributed by atoms with Gasteiger partial charge < -0.3 is 5.11 Å². The van der Waals surface area contributed by atoms with Crippen LogP contribution < -0.4 is 0 Å². The molecule has 0 bridgehead atoms. The minimum absolute atomic E-state index is 0.0916. The monoisotopic (exact) mass is 200 g/mol. The summed E-state index contributed by atoms with van der Waals surface area (Å²) in [5, 5.41) is 8.80. The van der Waals surface area contributed by atoms with Gasteiger partial charge >= 0.3 is 5.97 Å². The van der Waals surface area contributed by atoms with Gasteiger partial charge in [-0.2, -0.15) is 0 Å². The highest BCUT2D eigenvalue weighted by molar-refractivity contribution is 5.99. The third-order valence-electron chi connectivity index (χ3n) is 2.57. The molecule has 0 radical (unpaired) electrons. The van der Waals surface area contributed by atoms with Crippen LogP contribution in [0.25, 0.3) is 11.1 Å². The van der Waals surface area contributed by atoms with Crippen molar-refractivity contribution in [1.29, 1.82) is 0 Å². The first-order valence-electron chi connectivity index (χ1n) is 4.91. The lowest BCUT2D eigenvalue weighted by molar-refractivity contribution is -0.135. The molecule has 15 heavy (non-hydrogen) atoms. The zero-order valence-electron chi connectivity index (χ0n) is 8.53. The lowest BCUT2D eigenvalue weighted by atomic mass is 10.0. The molecule has 0 atom stereocenters. The van der Waals surface area contributed by atoms with Gasteiger partial charge in [-0.05, 0) is 29.2 Å². The Morgan fingerprint density at radius 3 is 2.60 bits per heavy atom. The number of benzene rings is 1. The molecular formula is C13H12O2. The molecule has 2 nitrogen and oxygen atoms in total. The van der Waals surface area contributed by atoms with Gasteiger partial charge in [-0.3, -0.25) is 4.79 Å². The van der Waals surface area contributed by atoms with Gasteiger partial charge in [0, 0.05) is 0 Å². The summed E-state index contributed by atoms with van der Waals surface area (Å²) >= 11 is 0. The Balaban J connectivity index is 2.48. The quantitative estimate of drug-likeness (QED) is 0.796. The zero-order chi connectivity index (χ0) is 10.8. The maximum Gasteiger partial charge on any atom is 0.307 e. The highest BCUT2D eigenvalue weighted by Gasteiger charge is 2.18. The maximum atomic E-state index is 10.7. The topological polar surface area (TPSA) is 37.3 Å². The van der Waals surface area contributed by atoms with Crippen molar-refractivity contribution in [2.75, 3.05) is 0 Å². The zero-order valence-corrected chi connectivity index (χ0v) is 8.53. The lowest BCUT2D eigenvalue weighted by Gasteiger charge is -2.02. The normalized spacial score (nSPS) is 16.3. The van der Waals surface area contributed by atoms with E-state index in [2.05, 4.69) is 0 Å². The molecule has 0 amide bonds. The number of aliphatic carboxylic acids is 1. The minimum atomic E-state index is -0.784. The Morgan fingerprint density at radius 1 is 1.33 bits per heavy atom. The van der Waals surface area contributed by atoms with E-state index in [1.54, 1.807) is 0 Å². The van der Waals surface area contributed by atoms with Crippen LogP contribution in [0.1, 0.15) is 24.5 Å². The predicted octanol–water partition coefficient (Wildman–Crippen LogP) is 2.96. The molecule has 1 aromatic rings. The second kappa shape index (κ2) is 3.73. The van der Waals surface area contributed by atoms with E-state index >= 15 is 0 Å². The summed E-state index contributed by atoms with van der Waals surface area (Å²) in [7, 11) is 0. The number of hydrogen-bond donors (Lipinski definition) is 1. The number of allylic oxidation sites excluding steroid dienone is 3. The summed E-state index contributed by atoms with van der Waals surface area (Å²) in [5.41, 5.74) is 4.19. The van der Waals surface area contributed by atoms with E-state index in [-0.39, 0.29) is 6.42 Å². The van der Waals surface area contributed by atoms with Crippen molar-refractivity contribution in [3.63, 3.8) is 0 Å². The van der Waals surface area contributed by atoms with Gasteiger partial charge in [0.25, 0.3) is 0 Å². The second-order valence-electron chi connectivity index (χ2n) is 3.53. The van der Waals surface area contributed by atoms with Gasteiger partial charge in [0.05, 0.1) is 6.42 Å². The Bertz CT molecular complexity index is 467. The number of carboxylic acids is 1. The van der Waals surface area contributed by atoms with Crippen molar-refractivity contribution < 1.29 is 9.90 Å². The van der Waals surface area contributed by atoms with Crippen molar-refractivity contribution in [2.45, 2.75) is 13.3 Å². The van der Waals surface area contributed by atoms with Crippen LogP contribution in [0.3, 0.4) is 0 Å². The number of rotatable bonds is 2. The first-order chi connectivity index (χ1) is 7.22. The fourth-order valence-electron chi connectivity index (χ4n) is 1.91. The fraction of sp³-hybridized carbons (Fsp3) is 0.154. The summed E-state index contributed by atoms with van der Waals surface area (Å²) in [4.78, 5) is 10.7. The van der Waals surface area contributed by atoms with Crippen molar-refractivity contribution in [1.82, 2.24) is 0 Å². The molecule has 1 aromatic carbocycles. The highest BCUT2D eigenvalue weighted by atomic mass is 16.4. The van der Waals surface area contributed by atoms with Gasteiger partial charge in [0.15, 0.2) is 0 Å². The molecule has 0 unspecified atom stereocenters. The smallest absolute Gasteiger partial charge is 0.307 e. The molecule has 1 aliphatic carbocycles. The van der Waals surface area contributed by atoms with Crippen LogP contribution in [-0.2, 0) is 4.79 Å². The van der Waals surface area contributed by atoms with Crippen LogP contribution in [0.4, 0.5) is 0 Å². The lowest BCUT2D eigenvalue weighted by Crippen LogP contribution is -1.95. The van der Waals surface area contributed by atoms with Gasteiger partial charge in [-0.15, -0.1) is 0 Å². The summed E-state index contributed by atoms with van der Waals surface area (Å²) in [6, 6.07) is 7.91. The Kier molecular flexibility index (Phi) is 2.42. The molecule has 0 aliphatic heterocycles. The van der Waals surface area contributed by atoms with E-state index in [4.69, 9.17) is 5.11 Å². The van der Waals surface area contributed by atoms with E-state index in [0.717, 1.165) is 22.3 Å². The van der Waals surface area contributed by atoms with Crippen molar-refractivity contribution in [2.24, 2.45) is 0 Å². The SMILES string of the molecule is CC=C1C=C(CC(=O)O)c2ccccc21. The van der Waals surface area contributed by atoms with E-state index in [9.17, 15) is 4.79 Å². The first kappa shape index (κ1) is 9.71. The van der Waals surface area contributed by atoms with Crippen molar-refractivity contribution in [3.8, 4) is 0 Å². The number of hydrogen-bond acceptors (Lipinski definition) is 1. The third-order valence-corrected chi connectivity index (χ3v) is 2.57. The van der Waals surface area contributed by atoms with Gasteiger partial charge in [-0.25, -0.2) is 0 Å². The molecule has 76 valence electrons. The summed E-state index contributed by atoms with van der Waals surface area (Å²) < 4.78 is 0. The molecule has 2 heteroatoms. The van der Waals surface area contributed by atoms with Gasteiger partial charge in [0.2, 0.25) is 0 Å². The average molecular weight is 200 g/mol. The molecule has 0 saturated carbocycles. The largest absolute Gasteiger partial charge is 0.481 e. The summed E-state index contributed by atoms with van der Waals surface area (Å²) in [6.45, 7) is 1.96. The van der Waals surface area contributed by atoms with Crippen LogP contribution in [0.5, 0.6) is 0 Å². The predicted molar refractivity (Wildman–Crippen MR) is 60.3 cm³/mol. The molecule has 0 heterocycles. The number of fused-ring (bicyclic) bond motifs is 1. The molecule has 0 fully saturated rings. The Morgan fingerprint density at radius 2 is 2.00 bits per heavy atom. The molecule has 2 rings (SSSR count). The molecule has 0 aromatic heterocycles. The Labute approximate surface area is 88.6 Å². The van der Waals surface area contributed by atoms with E-state index in [1.807, 2.05) is 43.3 Å². The van der Waals surface area contributed by atoms with Crippen LogP contribution in [0.2, 0.25) is 0 Å². The number of carbonyl (C=O) groups is 1. The van der Waals surface area contributed by atoms with Crippen LogP contribution in [0.15, 0.2) is 36.4 Å². The maximum absolute atomic E-state index is 10.7. The molecule has 1 aliphatic rings. The molecule has 0 saturated heterocycles. The average Bonchev–Trinajstić information content (AvgIpc) is 2.56.